The number of benzene rings is 1. The number of rotatable bonds is 6. The maximum atomic E-state index is 11.5. The molecule has 0 aromatic heterocycles. The second-order valence-electron chi connectivity index (χ2n) is 3.89. The highest BCUT2D eigenvalue weighted by molar-refractivity contribution is 5.89. The van der Waals surface area contributed by atoms with E-state index >= 15 is 0 Å². The molecule has 0 heterocycles. The molecule has 4 heteroatoms. The Morgan fingerprint density at radius 3 is 2.22 bits per heavy atom. The van der Waals surface area contributed by atoms with Crippen molar-refractivity contribution in [2.45, 2.75) is 26.7 Å². The van der Waals surface area contributed by atoms with Crippen molar-refractivity contribution in [2.75, 3.05) is 6.79 Å². The number of hydrogen-bond acceptors (Lipinski definition) is 4. The van der Waals surface area contributed by atoms with Crippen molar-refractivity contribution in [2.24, 2.45) is 5.92 Å². The lowest BCUT2D eigenvalue weighted by Gasteiger charge is -2.11. The van der Waals surface area contributed by atoms with Crippen molar-refractivity contribution in [3.05, 3.63) is 35.9 Å². The van der Waals surface area contributed by atoms with Crippen LogP contribution >= 0.6 is 0 Å². The Morgan fingerprint density at radius 2 is 1.67 bits per heavy atom. The van der Waals surface area contributed by atoms with Crippen molar-refractivity contribution in [1.29, 1.82) is 0 Å². The smallest absolute Gasteiger partial charge is 0.340 e. The minimum atomic E-state index is -0.493. The van der Waals surface area contributed by atoms with Crippen molar-refractivity contribution in [1.82, 2.24) is 0 Å². The fourth-order valence-electron chi connectivity index (χ4n) is 1.54. The average molecular weight is 250 g/mol. The summed E-state index contributed by atoms with van der Waals surface area (Å²) in [5.41, 5.74) is 0.441. The predicted octanol–water partition coefficient (Wildman–Crippen LogP) is 2.78. The van der Waals surface area contributed by atoms with Gasteiger partial charge in [0.15, 0.2) is 0 Å². The second-order valence-corrected chi connectivity index (χ2v) is 3.89. The van der Waals surface area contributed by atoms with Crippen LogP contribution in [0.1, 0.15) is 37.0 Å². The summed E-state index contributed by atoms with van der Waals surface area (Å²) in [5, 5.41) is 0. The molecule has 0 atom stereocenters. The molecule has 0 radical (unpaired) electrons. The normalized spacial score (nSPS) is 10.2. The zero-order valence-electron chi connectivity index (χ0n) is 10.7. The molecule has 0 fully saturated rings. The molecule has 0 aliphatic rings. The fraction of sp³-hybridized carbons (Fsp3) is 0.429. The van der Waals surface area contributed by atoms with Crippen LogP contribution in [0.3, 0.4) is 0 Å². The molecule has 1 aromatic carbocycles. The van der Waals surface area contributed by atoms with E-state index in [1.165, 1.54) is 0 Å². The molecule has 0 N–H and O–H groups in total. The van der Waals surface area contributed by atoms with Crippen molar-refractivity contribution in [3.8, 4) is 0 Å². The summed E-state index contributed by atoms with van der Waals surface area (Å²) in [5.74, 6) is -0.936. The Morgan fingerprint density at radius 1 is 1.06 bits per heavy atom. The molecule has 0 unspecified atom stereocenters. The molecular formula is C14H18O4. The van der Waals surface area contributed by atoms with E-state index < -0.39 is 5.97 Å². The van der Waals surface area contributed by atoms with Crippen LogP contribution in [0.2, 0.25) is 0 Å². The molecule has 0 aliphatic carbocycles. The zero-order valence-corrected chi connectivity index (χ0v) is 10.7. The fourth-order valence-corrected chi connectivity index (χ4v) is 1.54. The van der Waals surface area contributed by atoms with E-state index in [-0.39, 0.29) is 18.7 Å². The molecule has 0 spiro atoms. The second kappa shape index (κ2) is 7.48. The first-order chi connectivity index (χ1) is 8.69. The first-order valence-corrected chi connectivity index (χ1v) is 6.07. The van der Waals surface area contributed by atoms with Crippen LogP contribution in [0.4, 0.5) is 0 Å². The first kappa shape index (κ1) is 14.2. The van der Waals surface area contributed by atoms with E-state index in [0.717, 1.165) is 12.8 Å². The summed E-state index contributed by atoms with van der Waals surface area (Å²) in [6.45, 7) is 3.51. The molecule has 1 rings (SSSR count). The summed E-state index contributed by atoms with van der Waals surface area (Å²) in [6, 6.07) is 8.58. The van der Waals surface area contributed by atoms with Crippen molar-refractivity contribution in [3.63, 3.8) is 0 Å². The van der Waals surface area contributed by atoms with Crippen LogP contribution in [0.15, 0.2) is 30.3 Å². The maximum Gasteiger partial charge on any atom is 0.340 e. The minimum absolute atomic E-state index is 0.125. The molecule has 0 bridgehead atoms. The minimum Gasteiger partial charge on any atom is -0.428 e. The Kier molecular flexibility index (Phi) is 5.91. The van der Waals surface area contributed by atoms with Gasteiger partial charge in [-0.1, -0.05) is 32.0 Å². The van der Waals surface area contributed by atoms with Gasteiger partial charge in [0, 0.05) is 0 Å². The standard InChI is InChI=1S/C14H18O4/c1-3-11(4-2)13(15)17-10-18-14(16)12-8-6-5-7-9-12/h5-9,11H,3-4,10H2,1-2H3. The predicted molar refractivity (Wildman–Crippen MR) is 66.9 cm³/mol. The van der Waals surface area contributed by atoms with Gasteiger partial charge >= 0.3 is 11.9 Å². The number of hydrogen-bond donors (Lipinski definition) is 0. The molecule has 18 heavy (non-hydrogen) atoms. The Hall–Kier alpha value is -1.84. The lowest BCUT2D eigenvalue weighted by Crippen LogP contribution is -2.19. The lowest BCUT2D eigenvalue weighted by atomic mass is 10.0. The number of esters is 2. The summed E-state index contributed by atoms with van der Waals surface area (Å²) < 4.78 is 9.75. The lowest BCUT2D eigenvalue weighted by molar-refractivity contribution is -0.157. The van der Waals surface area contributed by atoms with Gasteiger partial charge in [0.05, 0.1) is 11.5 Å². The van der Waals surface area contributed by atoms with Gasteiger partial charge in [-0.25, -0.2) is 4.79 Å². The van der Waals surface area contributed by atoms with E-state index in [9.17, 15) is 9.59 Å². The molecule has 0 aliphatic heterocycles. The Balaban J connectivity index is 2.34. The molecule has 1 aromatic rings. The van der Waals surface area contributed by atoms with E-state index in [1.54, 1.807) is 24.3 Å². The largest absolute Gasteiger partial charge is 0.428 e. The Bertz CT molecular complexity index is 382. The van der Waals surface area contributed by atoms with Gasteiger partial charge in [-0.05, 0) is 25.0 Å². The quantitative estimate of drug-likeness (QED) is 0.575. The van der Waals surface area contributed by atoms with Crippen LogP contribution in [0, 0.1) is 5.92 Å². The van der Waals surface area contributed by atoms with Gasteiger partial charge in [0.25, 0.3) is 0 Å². The third-order valence-electron chi connectivity index (χ3n) is 2.72. The highest BCUT2D eigenvalue weighted by atomic mass is 16.7. The summed E-state index contributed by atoms with van der Waals surface area (Å²) in [4.78, 5) is 23.0. The number of carbonyl (C=O) groups excluding carboxylic acids is 2. The average Bonchev–Trinajstić information content (AvgIpc) is 2.41. The number of carbonyl (C=O) groups is 2. The monoisotopic (exact) mass is 250 g/mol. The highest BCUT2D eigenvalue weighted by Gasteiger charge is 2.16. The van der Waals surface area contributed by atoms with E-state index in [0.29, 0.717) is 5.56 Å². The van der Waals surface area contributed by atoms with Crippen LogP contribution in [0.25, 0.3) is 0 Å². The maximum absolute atomic E-state index is 11.5. The van der Waals surface area contributed by atoms with E-state index in [1.807, 2.05) is 19.9 Å². The van der Waals surface area contributed by atoms with Crippen LogP contribution < -0.4 is 0 Å². The molecule has 0 saturated heterocycles. The third-order valence-corrected chi connectivity index (χ3v) is 2.72. The highest BCUT2D eigenvalue weighted by Crippen LogP contribution is 2.09. The van der Waals surface area contributed by atoms with Gasteiger partial charge in [0.1, 0.15) is 0 Å². The molecule has 0 amide bonds. The van der Waals surface area contributed by atoms with Gasteiger partial charge < -0.3 is 9.47 Å². The Labute approximate surface area is 107 Å². The number of ether oxygens (including phenoxy) is 2. The molecule has 0 saturated carbocycles. The topological polar surface area (TPSA) is 52.6 Å². The summed E-state index contributed by atoms with van der Waals surface area (Å²) in [7, 11) is 0. The van der Waals surface area contributed by atoms with Crippen molar-refractivity contribution >= 4 is 11.9 Å². The molecular weight excluding hydrogens is 232 g/mol. The van der Waals surface area contributed by atoms with Crippen LogP contribution in [0.5, 0.6) is 0 Å². The van der Waals surface area contributed by atoms with Gasteiger partial charge in [0.2, 0.25) is 6.79 Å². The third kappa shape index (κ3) is 4.20. The van der Waals surface area contributed by atoms with Crippen LogP contribution in [-0.4, -0.2) is 18.7 Å². The van der Waals surface area contributed by atoms with Crippen molar-refractivity contribution < 1.29 is 19.1 Å². The summed E-state index contributed by atoms with van der Waals surface area (Å²) >= 11 is 0. The van der Waals surface area contributed by atoms with Gasteiger partial charge in [-0.15, -0.1) is 0 Å². The van der Waals surface area contributed by atoms with E-state index in [4.69, 9.17) is 9.47 Å². The van der Waals surface area contributed by atoms with Gasteiger partial charge in [-0.2, -0.15) is 0 Å². The van der Waals surface area contributed by atoms with Gasteiger partial charge in [-0.3, -0.25) is 4.79 Å². The van der Waals surface area contributed by atoms with E-state index in [2.05, 4.69) is 0 Å². The molecule has 98 valence electrons. The first-order valence-electron chi connectivity index (χ1n) is 6.07. The summed E-state index contributed by atoms with van der Waals surface area (Å²) in [6.07, 6.45) is 1.45. The zero-order chi connectivity index (χ0) is 13.4. The SMILES string of the molecule is CCC(CC)C(=O)OCOC(=O)c1ccccc1. The van der Waals surface area contributed by atoms with Crippen LogP contribution in [-0.2, 0) is 14.3 Å². The molecule has 4 nitrogen and oxygen atoms in total.